The van der Waals surface area contributed by atoms with Crippen LogP contribution in [0.5, 0.6) is 5.75 Å². The van der Waals surface area contributed by atoms with E-state index in [9.17, 15) is 14.4 Å². The van der Waals surface area contributed by atoms with Crippen molar-refractivity contribution in [2.75, 3.05) is 7.11 Å². The zero-order valence-corrected chi connectivity index (χ0v) is 18.2. The van der Waals surface area contributed by atoms with Crippen molar-refractivity contribution in [2.24, 2.45) is 0 Å². The fourth-order valence-corrected chi connectivity index (χ4v) is 3.34. The van der Waals surface area contributed by atoms with Crippen molar-refractivity contribution in [3.8, 4) is 5.75 Å². The van der Waals surface area contributed by atoms with Gasteiger partial charge >= 0.3 is 12.0 Å². The Morgan fingerprint density at radius 2 is 1.88 bits per heavy atom. The second-order valence-corrected chi connectivity index (χ2v) is 7.48. The fraction of sp³-hybridized carbons (Fsp3) is 0.160. The number of amides is 3. The summed E-state index contributed by atoms with van der Waals surface area (Å²) in [6, 6.07) is 17.7. The van der Waals surface area contributed by atoms with E-state index in [0.29, 0.717) is 12.4 Å². The SMILES string of the molecule is COC(=O)c1ccc(CN2C(=O)N/C(=C\c3ccc(OCc4cccc(C)c4)cc3)C2=O)o1. The Labute approximate surface area is 190 Å². The molecule has 0 spiro atoms. The van der Waals surface area contributed by atoms with Crippen LogP contribution in [0.2, 0.25) is 0 Å². The van der Waals surface area contributed by atoms with Crippen LogP contribution in [0.3, 0.4) is 0 Å². The first kappa shape index (κ1) is 21.9. The van der Waals surface area contributed by atoms with Gasteiger partial charge in [0.05, 0.1) is 13.7 Å². The molecule has 2 aromatic carbocycles. The molecule has 1 fully saturated rings. The average molecular weight is 446 g/mol. The predicted octanol–water partition coefficient (Wildman–Crippen LogP) is 4.05. The lowest BCUT2D eigenvalue weighted by Crippen LogP contribution is -2.30. The minimum absolute atomic E-state index is 0.0000252. The van der Waals surface area contributed by atoms with E-state index >= 15 is 0 Å². The molecule has 168 valence electrons. The van der Waals surface area contributed by atoms with Crippen molar-refractivity contribution in [1.82, 2.24) is 10.2 Å². The molecule has 1 aliphatic rings. The zero-order valence-electron chi connectivity index (χ0n) is 18.2. The molecular weight excluding hydrogens is 424 g/mol. The lowest BCUT2D eigenvalue weighted by molar-refractivity contribution is -0.123. The topological polar surface area (TPSA) is 98.1 Å². The quantitative estimate of drug-likeness (QED) is 0.334. The molecule has 0 atom stereocenters. The molecule has 3 aromatic rings. The summed E-state index contributed by atoms with van der Waals surface area (Å²) in [7, 11) is 1.24. The number of aryl methyl sites for hydroxylation is 1. The first-order chi connectivity index (χ1) is 15.9. The van der Waals surface area contributed by atoms with Crippen molar-refractivity contribution in [3.05, 3.63) is 94.6 Å². The number of rotatable bonds is 7. The van der Waals surface area contributed by atoms with Gasteiger partial charge in [-0.3, -0.25) is 9.69 Å². The molecule has 8 nitrogen and oxygen atoms in total. The van der Waals surface area contributed by atoms with Gasteiger partial charge in [0.25, 0.3) is 5.91 Å². The van der Waals surface area contributed by atoms with Crippen LogP contribution in [-0.4, -0.2) is 29.9 Å². The van der Waals surface area contributed by atoms with Crippen molar-refractivity contribution in [2.45, 2.75) is 20.1 Å². The molecule has 3 amide bonds. The number of nitrogens with zero attached hydrogens (tertiary/aromatic N) is 1. The van der Waals surface area contributed by atoms with Crippen molar-refractivity contribution >= 4 is 24.0 Å². The van der Waals surface area contributed by atoms with Gasteiger partial charge in [-0.15, -0.1) is 0 Å². The number of ether oxygens (including phenoxy) is 2. The van der Waals surface area contributed by atoms with Crippen LogP contribution in [0.1, 0.15) is 33.0 Å². The molecule has 1 aromatic heterocycles. The van der Waals surface area contributed by atoms with E-state index in [1.54, 1.807) is 30.3 Å². The highest BCUT2D eigenvalue weighted by Gasteiger charge is 2.34. The number of hydrogen-bond acceptors (Lipinski definition) is 6. The number of carbonyl (C=O) groups excluding carboxylic acids is 3. The summed E-state index contributed by atoms with van der Waals surface area (Å²) < 4.78 is 15.7. The first-order valence-corrected chi connectivity index (χ1v) is 10.2. The van der Waals surface area contributed by atoms with Gasteiger partial charge in [-0.2, -0.15) is 0 Å². The van der Waals surface area contributed by atoms with E-state index in [0.717, 1.165) is 16.0 Å². The van der Waals surface area contributed by atoms with Crippen molar-refractivity contribution in [3.63, 3.8) is 0 Å². The zero-order chi connectivity index (χ0) is 23.4. The number of methoxy groups -OCH3 is 1. The first-order valence-electron chi connectivity index (χ1n) is 10.2. The van der Waals surface area contributed by atoms with Gasteiger partial charge in [0.1, 0.15) is 23.8 Å². The molecule has 0 saturated carbocycles. The van der Waals surface area contributed by atoms with Crippen LogP contribution < -0.4 is 10.1 Å². The molecular formula is C25H22N2O6. The van der Waals surface area contributed by atoms with Gasteiger partial charge in [-0.1, -0.05) is 42.0 Å². The monoisotopic (exact) mass is 446 g/mol. The third-order valence-corrected chi connectivity index (χ3v) is 5.00. The number of imide groups is 1. The summed E-state index contributed by atoms with van der Waals surface area (Å²) in [5.74, 6) is -0.141. The number of nitrogens with one attached hydrogen (secondary N) is 1. The van der Waals surface area contributed by atoms with Crippen LogP contribution in [0, 0.1) is 6.92 Å². The second kappa shape index (κ2) is 9.44. The fourth-order valence-electron chi connectivity index (χ4n) is 3.34. The normalized spacial score (nSPS) is 14.5. The number of urea groups is 1. The summed E-state index contributed by atoms with van der Waals surface area (Å²) in [4.78, 5) is 37.5. The van der Waals surface area contributed by atoms with E-state index in [1.807, 2.05) is 25.1 Å². The summed E-state index contributed by atoms with van der Waals surface area (Å²) >= 11 is 0. The standard InChI is InChI=1S/C25H22N2O6/c1-16-4-3-5-18(12-16)15-32-19-8-6-17(7-9-19)13-21-23(28)27(25(30)26-21)14-20-10-11-22(33-20)24(29)31-2/h3-13H,14-15H2,1-2H3,(H,26,30)/b21-13-. The lowest BCUT2D eigenvalue weighted by atomic mass is 10.1. The minimum atomic E-state index is -0.634. The molecule has 0 unspecified atom stereocenters. The molecule has 33 heavy (non-hydrogen) atoms. The average Bonchev–Trinajstić information content (AvgIpc) is 3.39. The number of hydrogen-bond donors (Lipinski definition) is 1. The Morgan fingerprint density at radius 3 is 2.61 bits per heavy atom. The number of carbonyl (C=O) groups is 3. The Balaban J connectivity index is 1.39. The number of furan rings is 1. The van der Waals surface area contributed by atoms with E-state index in [4.69, 9.17) is 9.15 Å². The van der Waals surface area contributed by atoms with Crippen LogP contribution >= 0.6 is 0 Å². The van der Waals surface area contributed by atoms with Crippen molar-refractivity contribution < 1.29 is 28.3 Å². The molecule has 0 aliphatic carbocycles. The summed E-state index contributed by atoms with van der Waals surface area (Å²) in [6.45, 7) is 2.38. The predicted molar refractivity (Wildman–Crippen MR) is 119 cm³/mol. The Kier molecular flexibility index (Phi) is 6.26. The van der Waals surface area contributed by atoms with Gasteiger partial charge in [0, 0.05) is 0 Å². The lowest BCUT2D eigenvalue weighted by Gasteiger charge is -2.09. The second-order valence-electron chi connectivity index (χ2n) is 7.48. The Morgan fingerprint density at radius 1 is 1.09 bits per heavy atom. The van der Waals surface area contributed by atoms with Gasteiger partial charge in [0.15, 0.2) is 0 Å². The van der Waals surface area contributed by atoms with E-state index in [1.165, 1.54) is 24.8 Å². The Bertz CT molecular complexity index is 1230. The maximum absolute atomic E-state index is 12.7. The number of esters is 1. The maximum atomic E-state index is 12.7. The minimum Gasteiger partial charge on any atom is -0.489 e. The van der Waals surface area contributed by atoms with E-state index in [2.05, 4.69) is 16.1 Å². The smallest absolute Gasteiger partial charge is 0.373 e. The molecule has 2 heterocycles. The van der Waals surface area contributed by atoms with E-state index in [-0.39, 0.29) is 23.8 Å². The highest BCUT2D eigenvalue weighted by atomic mass is 16.5. The summed E-state index contributed by atoms with van der Waals surface area (Å²) in [5.41, 5.74) is 3.13. The van der Waals surface area contributed by atoms with Gasteiger partial charge in [-0.25, -0.2) is 9.59 Å². The summed E-state index contributed by atoms with van der Waals surface area (Å²) in [6.07, 6.45) is 1.59. The molecule has 1 N–H and O–H groups in total. The van der Waals surface area contributed by atoms with Gasteiger partial charge in [-0.05, 0) is 48.4 Å². The van der Waals surface area contributed by atoms with Crippen LogP contribution in [0.4, 0.5) is 4.79 Å². The molecule has 1 aliphatic heterocycles. The van der Waals surface area contributed by atoms with Crippen LogP contribution in [0.15, 0.2) is 70.8 Å². The third-order valence-electron chi connectivity index (χ3n) is 5.00. The summed E-state index contributed by atoms with van der Waals surface area (Å²) in [5, 5.41) is 2.56. The molecule has 0 bridgehead atoms. The molecule has 1 saturated heterocycles. The van der Waals surface area contributed by atoms with Crippen LogP contribution in [0.25, 0.3) is 6.08 Å². The maximum Gasteiger partial charge on any atom is 0.373 e. The highest BCUT2D eigenvalue weighted by molar-refractivity contribution is 6.13. The molecule has 0 radical (unpaired) electrons. The van der Waals surface area contributed by atoms with Gasteiger partial charge in [0.2, 0.25) is 5.76 Å². The largest absolute Gasteiger partial charge is 0.489 e. The molecule has 4 rings (SSSR count). The van der Waals surface area contributed by atoms with Crippen molar-refractivity contribution in [1.29, 1.82) is 0 Å². The number of benzene rings is 2. The van der Waals surface area contributed by atoms with Gasteiger partial charge < -0.3 is 19.2 Å². The third kappa shape index (κ3) is 5.12. The Hall–Kier alpha value is -4.33. The van der Waals surface area contributed by atoms with E-state index < -0.39 is 17.9 Å². The van der Waals surface area contributed by atoms with Crippen LogP contribution in [-0.2, 0) is 22.7 Å². The highest BCUT2D eigenvalue weighted by Crippen LogP contribution is 2.20. The molecule has 8 heteroatoms.